The fourth-order valence-electron chi connectivity index (χ4n) is 3.47. The number of aryl methyl sites for hydroxylation is 2. The van der Waals surface area contributed by atoms with E-state index in [0.29, 0.717) is 5.16 Å². The molecule has 1 atom stereocenters. The van der Waals surface area contributed by atoms with Crippen LogP contribution in [0.3, 0.4) is 0 Å². The average Bonchev–Trinajstić information content (AvgIpc) is 3.26. The Bertz CT molecular complexity index is 1070. The summed E-state index contributed by atoms with van der Waals surface area (Å²) in [6.45, 7) is 1.86. The van der Waals surface area contributed by atoms with Gasteiger partial charge >= 0.3 is 0 Å². The standard InChI is InChI=1S/C20H21N3O2S2/c1-12(18(24)22(2)13-8-5-4-6-9-13)26-20-21-17-16(19(25)23(20)3)14-10-7-11-15(14)27-17/h4-6,8-9,12H,7,10-11H2,1-3H3/t12-/m0/s1. The Morgan fingerprint density at radius 2 is 2.04 bits per heavy atom. The maximum atomic E-state index is 12.9. The van der Waals surface area contributed by atoms with E-state index in [1.54, 1.807) is 34.9 Å². The zero-order valence-electron chi connectivity index (χ0n) is 15.6. The minimum Gasteiger partial charge on any atom is -0.315 e. The van der Waals surface area contributed by atoms with Crippen LogP contribution in [0.25, 0.3) is 10.2 Å². The van der Waals surface area contributed by atoms with Crippen molar-refractivity contribution < 1.29 is 4.79 Å². The van der Waals surface area contributed by atoms with Gasteiger partial charge in [-0.1, -0.05) is 30.0 Å². The van der Waals surface area contributed by atoms with E-state index < -0.39 is 0 Å². The zero-order chi connectivity index (χ0) is 19.1. The summed E-state index contributed by atoms with van der Waals surface area (Å²) in [4.78, 5) is 34.2. The van der Waals surface area contributed by atoms with Crippen molar-refractivity contribution in [2.24, 2.45) is 7.05 Å². The van der Waals surface area contributed by atoms with E-state index in [1.807, 2.05) is 37.3 Å². The second kappa shape index (κ2) is 7.13. The quantitative estimate of drug-likeness (QED) is 0.497. The van der Waals surface area contributed by atoms with Gasteiger partial charge in [0, 0.05) is 24.7 Å². The molecule has 2 aromatic heterocycles. The molecule has 1 aliphatic rings. The molecule has 5 nitrogen and oxygen atoms in total. The Labute approximate surface area is 166 Å². The van der Waals surface area contributed by atoms with Crippen molar-refractivity contribution in [2.75, 3.05) is 11.9 Å². The van der Waals surface area contributed by atoms with Crippen molar-refractivity contribution in [3.63, 3.8) is 0 Å². The summed E-state index contributed by atoms with van der Waals surface area (Å²) in [6, 6.07) is 9.55. The lowest BCUT2D eigenvalue weighted by atomic mass is 10.2. The summed E-state index contributed by atoms with van der Waals surface area (Å²) in [5, 5.41) is 1.02. The van der Waals surface area contributed by atoms with Crippen LogP contribution in [0.1, 0.15) is 23.8 Å². The van der Waals surface area contributed by atoms with Crippen LogP contribution in [-0.2, 0) is 24.7 Å². The molecule has 1 aliphatic carbocycles. The van der Waals surface area contributed by atoms with Crippen LogP contribution in [0, 0.1) is 0 Å². The SMILES string of the molecule is C[C@H](Sc1nc2sc3c(c2c(=O)n1C)CCC3)C(=O)N(C)c1ccccc1. The number of carbonyl (C=O) groups is 1. The van der Waals surface area contributed by atoms with Gasteiger partial charge < -0.3 is 4.90 Å². The topological polar surface area (TPSA) is 55.2 Å². The third-order valence-corrected chi connectivity index (χ3v) is 7.33. The fourth-order valence-corrected chi connectivity index (χ4v) is 5.74. The van der Waals surface area contributed by atoms with E-state index in [0.717, 1.165) is 35.2 Å². The Morgan fingerprint density at radius 3 is 2.78 bits per heavy atom. The van der Waals surface area contributed by atoms with Crippen molar-refractivity contribution in [2.45, 2.75) is 36.6 Å². The number of hydrogen-bond donors (Lipinski definition) is 0. The minimum absolute atomic E-state index is 0.00189. The number of aromatic nitrogens is 2. The van der Waals surface area contributed by atoms with Gasteiger partial charge in [0.15, 0.2) is 5.16 Å². The number of amides is 1. The van der Waals surface area contributed by atoms with Crippen LogP contribution in [0.2, 0.25) is 0 Å². The van der Waals surface area contributed by atoms with Gasteiger partial charge in [0.25, 0.3) is 5.56 Å². The first-order valence-corrected chi connectivity index (χ1v) is 10.7. The maximum Gasteiger partial charge on any atom is 0.262 e. The average molecular weight is 400 g/mol. The molecule has 7 heteroatoms. The van der Waals surface area contributed by atoms with Gasteiger partial charge in [-0.05, 0) is 43.9 Å². The molecule has 0 N–H and O–H groups in total. The first kappa shape index (κ1) is 18.3. The number of thiophene rings is 1. The summed E-state index contributed by atoms with van der Waals surface area (Å²) >= 11 is 2.97. The molecule has 0 aliphatic heterocycles. The fraction of sp³-hybridized carbons (Fsp3) is 0.350. The van der Waals surface area contributed by atoms with Crippen molar-refractivity contribution >= 4 is 44.9 Å². The van der Waals surface area contributed by atoms with E-state index >= 15 is 0 Å². The Balaban J connectivity index is 1.62. The molecule has 0 fully saturated rings. The number of benzene rings is 1. The van der Waals surface area contributed by atoms with E-state index in [9.17, 15) is 9.59 Å². The van der Waals surface area contributed by atoms with Gasteiger partial charge in [-0.15, -0.1) is 11.3 Å². The number of para-hydroxylation sites is 1. The molecule has 0 spiro atoms. The number of anilines is 1. The highest BCUT2D eigenvalue weighted by atomic mass is 32.2. The molecule has 27 heavy (non-hydrogen) atoms. The molecule has 0 saturated heterocycles. The van der Waals surface area contributed by atoms with Crippen LogP contribution < -0.4 is 10.5 Å². The number of thioether (sulfide) groups is 1. The Kier molecular flexibility index (Phi) is 4.82. The number of hydrogen-bond acceptors (Lipinski definition) is 5. The summed E-state index contributed by atoms with van der Waals surface area (Å²) in [7, 11) is 3.52. The molecule has 4 rings (SSSR count). The summed E-state index contributed by atoms with van der Waals surface area (Å²) in [5.74, 6) is -0.0192. The van der Waals surface area contributed by atoms with Gasteiger partial charge in [-0.3, -0.25) is 14.2 Å². The molecule has 1 amide bonds. The molecule has 1 aromatic carbocycles. The van der Waals surface area contributed by atoms with Gasteiger partial charge in [0.2, 0.25) is 5.91 Å². The van der Waals surface area contributed by atoms with Crippen LogP contribution in [0.15, 0.2) is 40.3 Å². The zero-order valence-corrected chi connectivity index (χ0v) is 17.2. The van der Waals surface area contributed by atoms with E-state index in [-0.39, 0.29) is 16.7 Å². The van der Waals surface area contributed by atoms with Crippen LogP contribution in [0.5, 0.6) is 0 Å². The maximum absolute atomic E-state index is 12.9. The lowest BCUT2D eigenvalue weighted by Crippen LogP contribution is -2.33. The van der Waals surface area contributed by atoms with Crippen molar-refractivity contribution in [3.8, 4) is 0 Å². The van der Waals surface area contributed by atoms with Gasteiger partial charge in [-0.2, -0.15) is 0 Å². The number of carbonyl (C=O) groups excluding carboxylic acids is 1. The second-order valence-corrected chi connectivity index (χ2v) is 9.18. The normalized spacial score (nSPS) is 14.3. The molecule has 0 saturated carbocycles. The molecule has 2 heterocycles. The Hall–Kier alpha value is -2.12. The lowest BCUT2D eigenvalue weighted by Gasteiger charge is -2.21. The number of rotatable bonds is 4. The highest BCUT2D eigenvalue weighted by Crippen LogP contribution is 2.36. The predicted octanol–water partition coefficient (Wildman–Crippen LogP) is 3.63. The Morgan fingerprint density at radius 1 is 1.30 bits per heavy atom. The summed E-state index contributed by atoms with van der Waals surface area (Å²) in [6.07, 6.45) is 3.13. The minimum atomic E-state index is -0.349. The summed E-state index contributed by atoms with van der Waals surface area (Å²) < 4.78 is 1.59. The molecule has 0 bridgehead atoms. The second-order valence-electron chi connectivity index (χ2n) is 6.79. The lowest BCUT2D eigenvalue weighted by molar-refractivity contribution is -0.117. The third kappa shape index (κ3) is 3.19. The molecule has 0 radical (unpaired) electrons. The van der Waals surface area contributed by atoms with Crippen LogP contribution in [0.4, 0.5) is 5.69 Å². The monoisotopic (exact) mass is 399 g/mol. The van der Waals surface area contributed by atoms with Crippen molar-refractivity contribution in [1.29, 1.82) is 0 Å². The van der Waals surface area contributed by atoms with E-state index in [4.69, 9.17) is 4.98 Å². The van der Waals surface area contributed by atoms with Crippen molar-refractivity contribution in [3.05, 3.63) is 51.1 Å². The molecular weight excluding hydrogens is 378 g/mol. The van der Waals surface area contributed by atoms with Gasteiger partial charge in [0.1, 0.15) is 4.83 Å². The third-order valence-electron chi connectivity index (χ3n) is 5.01. The highest BCUT2D eigenvalue weighted by Gasteiger charge is 2.25. The first-order chi connectivity index (χ1) is 13.0. The van der Waals surface area contributed by atoms with Gasteiger partial charge in [0.05, 0.1) is 10.6 Å². The van der Waals surface area contributed by atoms with Crippen molar-refractivity contribution in [1.82, 2.24) is 9.55 Å². The smallest absolute Gasteiger partial charge is 0.262 e. The molecular formula is C20H21N3O2S2. The molecule has 3 aromatic rings. The first-order valence-electron chi connectivity index (χ1n) is 8.98. The van der Waals surface area contributed by atoms with E-state index in [1.165, 1.54) is 22.2 Å². The van der Waals surface area contributed by atoms with Crippen LogP contribution in [-0.4, -0.2) is 27.8 Å². The van der Waals surface area contributed by atoms with Gasteiger partial charge in [-0.25, -0.2) is 4.98 Å². The summed E-state index contributed by atoms with van der Waals surface area (Å²) in [5.41, 5.74) is 2.03. The number of nitrogens with zero attached hydrogens (tertiary/aromatic N) is 3. The van der Waals surface area contributed by atoms with E-state index in [2.05, 4.69) is 0 Å². The predicted molar refractivity (Wildman–Crippen MR) is 112 cm³/mol. The molecule has 140 valence electrons. The van der Waals surface area contributed by atoms with Crippen LogP contribution >= 0.6 is 23.1 Å². The number of fused-ring (bicyclic) bond motifs is 3. The highest BCUT2D eigenvalue weighted by molar-refractivity contribution is 8.00. The molecule has 0 unspecified atom stereocenters. The largest absolute Gasteiger partial charge is 0.315 e.